The van der Waals surface area contributed by atoms with Gasteiger partial charge in [-0.15, -0.1) is 0 Å². The summed E-state index contributed by atoms with van der Waals surface area (Å²) in [6.45, 7) is 1.27. The van der Waals surface area contributed by atoms with Crippen LogP contribution in [0.15, 0.2) is 18.2 Å². The Morgan fingerprint density at radius 1 is 1.21 bits per heavy atom. The van der Waals surface area contributed by atoms with Crippen LogP contribution in [0.2, 0.25) is 0 Å². The molecule has 5 rings (SSSR count). The van der Waals surface area contributed by atoms with Crippen LogP contribution in [-0.2, 0) is 12.8 Å². The first-order chi connectivity index (χ1) is 11.7. The zero-order valence-electron chi connectivity index (χ0n) is 13.8. The lowest BCUT2D eigenvalue weighted by Gasteiger charge is -2.40. The number of methoxy groups -OCH3 is 1. The molecule has 0 amide bonds. The van der Waals surface area contributed by atoms with Gasteiger partial charge in [-0.05, 0) is 48.7 Å². The molecule has 0 saturated heterocycles. The van der Waals surface area contributed by atoms with Gasteiger partial charge in [0.05, 0.1) is 7.11 Å². The fraction of sp³-hybridized carbons (Fsp3) is 0.368. The zero-order chi connectivity index (χ0) is 16.4. The van der Waals surface area contributed by atoms with Crippen molar-refractivity contribution in [1.82, 2.24) is 4.90 Å². The number of phenolic OH excluding ortho intramolecular Hbond substituents is 1. The van der Waals surface area contributed by atoms with Gasteiger partial charge in [0.2, 0.25) is 6.79 Å². The van der Waals surface area contributed by atoms with Crippen molar-refractivity contribution in [1.29, 1.82) is 0 Å². The van der Waals surface area contributed by atoms with E-state index >= 15 is 0 Å². The summed E-state index contributed by atoms with van der Waals surface area (Å²) in [7, 11) is 3.77. The smallest absolute Gasteiger partial charge is 0.231 e. The van der Waals surface area contributed by atoms with E-state index in [1.807, 2.05) is 6.07 Å². The second-order valence-electron chi connectivity index (χ2n) is 6.66. The van der Waals surface area contributed by atoms with Crippen LogP contribution in [0.3, 0.4) is 0 Å². The minimum Gasteiger partial charge on any atom is -0.504 e. The highest BCUT2D eigenvalue weighted by molar-refractivity contribution is 5.88. The molecule has 5 nitrogen and oxygen atoms in total. The summed E-state index contributed by atoms with van der Waals surface area (Å²) < 4.78 is 17.0. The number of hydrogen-bond donors (Lipinski definition) is 1. The first-order valence-electron chi connectivity index (χ1n) is 8.24. The molecule has 1 atom stereocenters. The average Bonchev–Trinajstić information content (AvgIpc) is 3.06. The van der Waals surface area contributed by atoms with Crippen molar-refractivity contribution in [2.45, 2.75) is 18.9 Å². The summed E-state index contributed by atoms with van der Waals surface area (Å²) in [6, 6.07) is 6.15. The summed E-state index contributed by atoms with van der Waals surface area (Å²) in [5.41, 5.74) is 5.76. The number of nitrogens with zero attached hydrogens (tertiary/aromatic N) is 1. The topological polar surface area (TPSA) is 51.2 Å². The molecule has 0 radical (unpaired) electrons. The number of fused-ring (bicyclic) bond motifs is 4. The molecule has 0 spiro atoms. The largest absolute Gasteiger partial charge is 0.504 e. The molecule has 2 aromatic rings. The average molecular weight is 325 g/mol. The Balaban J connectivity index is 1.90. The van der Waals surface area contributed by atoms with E-state index in [2.05, 4.69) is 18.0 Å². The Bertz CT molecular complexity index is 861. The predicted octanol–water partition coefficient (Wildman–Crippen LogP) is 2.88. The van der Waals surface area contributed by atoms with Crippen LogP contribution >= 0.6 is 0 Å². The third-order valence-corrected chi connectivity index (χ3v) is 5.48. The van der Waals surface area contributed by atoms with E-state index in [0.29, 0.717) is 11.8 Å². The van der Waals surface area contributed by atoms with Gasteiger partial charge in [-0.2, -0.15) is 0 Å². The van der Waals surface area contributed by atoms with Crippen molar-refractivity contribution >= 4 is 0 Å². The Kier molecular flexibility index (Phi) is 2.80. The number of likely N-dealkylation sites (N-methyl/N-ethyl adjacent to an activating group) is 1. The molecular weight excluding hydrogens is 306 g/mol. The van der Waals surface area contributed by atoms with E-state index in [4.69, 9.17) is 14.2 Å². The molecule has 0 saturated carbocycles. The van der Waals surface area contributed by atoms with Crippen molar-refractivity contribution in [3.63, 3.8) is 0 Å². The number of hydrogen-bond acceptors (Lipinski definition) is 5. The Hall–Kier alpha value is -2.40. The lowest BCUT2D eigenvalue weighted by atomic mass is 9.76. The highest BCUT2D eigenvalue weighted by Crippen LogP contribution is 2.57. The molecule has 0 fully saturated rings. The van der Waals surface area contributed by atoms with Gasteiger partial charge < -0.3 is 19.3 Å². The summed E-state index contributed by atoms with van der Waals surface area (Å²) >= 11 is 0. The van der Waals surface area contributed by atoms with Gasteiger partial charge in [0.15, 0.2) is 23.0 Å². The number of benzene rings is 2. The minimum absolute atomic E-state index is 0.157. The molecule has 3 aliphatic rings. The maximum Gasteiger partial charge on any atom is 0.231 e. The molecule has 0 bridgehead atoms. The molecule has 0 aromatic heterocycles. The standard InChI is InChI=1S/C19H19NO4/c1-20-6-5-11-8-14-19(24-9-23-14)17-15(11)12(20)7-10-3-4-13(21)18(22-2)16(10)17/h3-4,8,12,21H,5-7,9H2,1-2H3/t12-/m0/s1. The van der Waals surface area contributed by atoms with E-state index in [0.717, 1.165) is 42.0 Å². The van der Waals surface area contributed by atoms with Gasteiger partial charge in [-0.3, -0.25) is 4.90 Å². The number of rotatable bonds is 1. The lowest BCUT2D eigenvalue weighted by molar-refractivity contribution is 0.174. The highest BCUT2D eigenvalue weighted by atomic mass is 16.7. The molecule has 1 aliphatic carbocycles. The van der Waals surface area contributed by atoms with Crippen molar-refractivity contribution in [3.05, 3.63) is 34.9 Å². The van der Waals surface area contributed by atoms with Crippen LogP contribution in [0, 0.1) is 0 Å². The van der Waals surface area contributed by atoms with Crippen LogP contribution in [0.1, 0.15) is 22.7 Å². The molecule has 124 valence electrons. The molecular formula is C19H19NO4. The molecule has 2 heterocycles. The van der Waals surface area contributed by atoms with Gasteiger partial charge >= 0.3 is 0 Å². The van der Waals surface area contributed by atoms with Gasteiger partial charge in [0, 0.05) is 23.7 Å². The summed E-state index contributed by atoms with van der Waals surface area (Å²) in [5, 5.41) is 10.3. The zero-order valence-corrected chi connectivity index (χ0v) is 13.8. The normalized spacial score (nSPS) is 20.5. The molecule has 5 heteroatoms. The number of aromatic hydroxyl groups is 1. The Morgan fingerprint density at radius 2 is 2.08 bits per heavy atom. The molecule has 24 heavy (non-hydrogen) atoms. The maximum atomic E-state index is 10.3. The van der Waals surface area contributed by atoms with Crippen LogP contribution in [0.25, 0.3) is 11.1 Å². The summed E-state index contributed by atoms with van der Waals surface area (Å²) in [4.78, 5) is 2.40. The van der Waals surface area contributed by atoms with Gasteiger partial charge in [-0.25, -0.2) is 0 Å². The first kappa shape index (κ1) is 14.0. The summed E-state index contributed by atoms with van der Waals surface area (Å²) in [5.74, 6) is 2.25. The number of phenols is 1. The lowest BCUT2D eigenvalue weighted by Crippen LogP contribution is -2.35. The molecule has 2 aliphatic heterocycles. The van der Waals surface area contributed by atoms with Gasteiger partial charge in [0.25, 0.3) is 0 Å². The van der Waals surface area contributed by atoms with E-state index in [-0.39, 0.29) is 12.5 Å². The van der Waals surface area contributed by atoms with Crippen LogP contribution < -0.4 is 14.2 Å². The van der Waals surface area contributed by atoms with Gasteiger partial charge in [-0.1, -0.05) is 6.07 Å². The van der Waals surface area contributed by atoms with Crippen molar-refractivity contribution in [2.75, 3.05) is 27.5 Å². The third kappa shape index (κ3) is 1.68. The fourth-order valence-corrected chi connectivity index (χ4v) is 4.35. The van der Waals surface area contributed by atoms with Crippen LogP contribution in [0.5, 0.6) is 23.0 Å². The SMILES string of the molecule is COc1c(O)ccc2c1-c1c3c(cc4c1[C@H](C2)N(C)CC4)OCO3. The molecule has 1 N–H and O–H groups in total. The monoisotopic (exact) mass is 325 g/mol. The van der Waals surface area contributed by atoms with Crippen molar-refractivity contribution in [3.8, 4) is 34.1 Å². The quantitative estimate of drug-likeness (QED) is 0.874. The highest BCUT2D eigenvalue weighted by Gasteiger charge is 2.39. The predicted molar refractivity (Wildman–Crippen MR) is 89.0 cm³/mol. The Morgan fingerprint density at radius 3 is 2.92 bits per heavy atom. The number of ether oxygens (including phenoxy) is 3. The Labute approximate surface area is 140 Å². The first-order valence-corrected chi connectivity index (χ1v) is 8.24. The van der Waals surface area contributed by atoms with E-state index < -0.39 is 0 Å². The third-order valence-electron chi connectivity index (χ3n) is 5.48. The van der Waals surface area contributed by atoms with Crippen molar-refractivity contribution in [2.24, 2.45) is 0 Å². The van der Waals surface area contributed by atoms with Gasteiger partial charge in [0.1, 0.15) is 0 Å². The van der Waals surface area contributed by atoms with E-state index in [9.17, 15) is 5.11 Å². The van der Waals surface area contributed by atoms with Crippen molar-refractivity contribution < 1.29 is 19.3 Å². The minimum atomic E-state index is 0.157. The molecule has 2 aromatic carbocycles. The fourth-order valence-electron chi connectivity index (χ4n) is 4.35. The molecule has 0 unspecified atom stereocenters. The second-order valence-corrected chi connectivity index (χ2v) is 6.66. The second kappa shape index (κ2) is 4.80. The van der Waals surface area contributed by atoms with E-state index in [1.54, 1.807) is 13.2 Å². The van der Waals surface area contributed by atoms with E-state index in [1.165, 1.54) is 16.7 Å². The van der Waals surface area contributed by atoms with Crippen LogP contribution in [-0.4, -0.2) is 37.5 Å². The maximum absolute atomic E-state index is 10.3. The summed E-state index contributed by atoms with van der Waals surface area (Å²) in [6.07, 6.45) is 1.89. The van der Waals surface area contributed by atoms with Crippen LogP contribution in [0.4, 0.5) is 0 Å².